The summed E-state index contributed by atoms with van der Waals surface area (Å²) >= 11 is 5.99. The summed E-state index contributed by atoms with van der Waals surface area (Å²) in [6, 6.07) is 6.51. The van der Waals surface area contributed by atoms with Crippen molar-refractivity contribution in [3.05, 3.63) is 65.0 Å². The van der Waals surface area contributed by atoms with Crippen molar-refractivity contribution in [3.8, 4) is 5.75 Å². The smallest absolute Gasteiger partial charge is 0.272 e. The summed E-state index contributed by atoms with van der Waals surface area (Å²) in [6.45, 7) is 1.20. The van der Waals surface area contributed by atoms with E-state index in [-0.39, 0.29) is 35.7 Å². The first-order valence-corrected chi connectivity index (χ1v) is 10.9. The van der Waals surface area contributed by atoms with Gasteiger partial charge >= 0.3 is 0 Å². The fraction of sp³-hybridized carbons (Fsp3) is 0.318. The molecule has 1 aromatic carbocycles. The molecule has 0 radical (unpaired) electrons. The number of carbonyl (C=O) groups is 1. The molecule has 1 aliphatic rings. The predicted octanol–water partition coefficient (Wildman–Crippen LogP) is 2.13. The van der Waals surface area contributed by atoms with E-state index in [0.29, 0.717) is 30.5 Å². The van der Waals surface area contributed by atoms with E-state index in [0.717, 1.165) is 18.4 Å². The number of nitrogens with zero attached hydrogens (tertiary/aromatic N) is 5. The summed E-state index contributed by atoms with van der Waals surface area (Å²) in [7, 11) is 0. The zero-order chi connectivity index (χ0) is 23.2. The van der Waals surface area contributed by atoms with Crippen LogP contribution in [0.5, 0.6) is 5.75 Å². The standard InChI is InChI=1S/C22H24ClN7O3/c23-16-9-14(4-5-18(16)32)10-26-17-11-28-22(30-8-1-3-15(30)13-31)29-20(17)21(33)27-12-19-24-6-2-7-25-19/h2,4-7,9,11,15,26,31-32H,1,3,8,10,12-13H2,(H,27,33)/t15-/m0/s1. The van der Waals surface area contributed by atoms with Gasteiger partial charge in [0.2, 0.25) is 5.95 Å². The molecule has 1 atom stereocenters. The van der Waals surface area contributed by atoms with Gasteiger partial charge in [-0.1, -0.05) is 17.7 Å². The molecular weight excluding hydrogens is 446 g/mol. The predicted molar refractivity (Wildman–Crippen MR) is 123 cm³/mol. The molecule has 10 nitrogen and oxygen atoms in total. The van der Waals surface area contributed by atoms with Crippen LogP contribution >= 0.6 is 11.6 Å². The lowest BCUT2D eigenvalue weighted by Gasteiger charge is -2.23. The van der Waals surface area contributed by atoms with E-state index in [1.165, 1.54) is 6.07 Å². The summed E-state index contributed by atoms with van der Waals surface area (Å²) < 4.78 is 0. The molecule has 0 unspecified atom stereocenters. The molecule has 1 amide bonds. The molecule has 172 valence electrons. The second-order valence-electron chi connectivity index (χ2n) is 7.59. The van der Waals surface area contributed by atoms with Gasteiger partial charge < -0.3 is 25.7 Å². The highest BCUT2D eigenvalue weighted by Gasteiger charge is 2.27. The van der Waals surface area contributed by atoms with Crippen molar-refractivity contribution in [1.29, 1.82) is 0 Å². The molecule has 0 aliphatic carbocycles. The Morgan fingerprint density at radius 3 is 2.79 bits per heavy atom. The van der Waals surface area contributed by atoms with Crippen molar-refractivity contribution in [3.63, 3.8) is 0 Å². The van der Waals surface area contributed by atoms with Crippen LogP contribution < -0.4 is 15.5 Å². The van der Waals surface area contributed by atoms with Crippen LogP contribution in [0.25, 0.3) is 0 Å². The number of aliphatic hydroxyl groups excluding tert-OH is 1. The quantitative estimate of drug-likeness (QED) is 0.391. The fourth-order valence-electron chi connectivity index (χ4n) is 3.62. The average molecular weight is 470 g/mol. The highest BCUT2D eigenvalue weighted by molar-refractivity contribution is 6.32. The van der Waals surface area contributed by atoms with E-state index in [9.17, 15) is 15.0 Å². The summed E-state index contributed by atoms with van der Waals surface area (Å²) in [4.78, 5) is 32.2. The second-order valence-corrected chi connectivity index (χ2v) is 8.00. The van der Waals surface area contributed by atoms with Gasteiger partial charge in [-0.25, -0.2) is 19.9 Å². The SMILES string of the molecule is O=C(NCc1ncccn1)c1nc(N2CCC[C@H]2CO)ncc1NCc1ccc(O)c(Cl)c1. The van der Waals surface area contributed by atoms with Gasteiger partial charge in [0.15, 0.2) is 5.69 Å². The Balaban J connectivity index is 1.57. The number of amides is 1. The first kappa shape index (κ1) is 22.7. The number of aromatic hydroxyl groups is 1. The zero-order valence-electron chi connectivity index (χ0n) is 17.8. The number of hydrogen-bond donors (Lipinski definition) is 4. The van der Waals surface area contributed by atoms with Crippen LogP contribution in [0.15, 0.2) is 42.9 Å². The number of carbonyl (C=O) groups excluding carboxylic acids is 1. The molecule has 3 aromatic rings. The van der Waals surface area contributed by atoms with E-state index >= 15 is 0 Å². The maximum absolute atomic E-state index is 13.0. The summed E-state index contributed by atoms with van der Waals surface area (Å²) in [5.74, 6) is 0.469. The fourth-order valence-corrected chi connectivity index (χ4v) is 3.83. The number of halogens is 1. The third-order valence-electron chi connectivity index (χ3n) is 5.36. The van der Waals surface area contributed by atoms with E-state index < -0.39 is 5.91 Å². The molecule has 0 saturated carbocycles. The van der Waals surface area contributed by atoms with Crippen molar-refractivity contribution in [2.24, 2.45) is 0 Å². The Morgan fingerprint density at radius 2 is 2.03 bits per heavy atom. The van der Waals surface area contributed by atoms with Crippen LogP contribution in [0, 0.1) is 0 Å². The van der Waals surface area contributed by atoms with Gasteiger partial charge in [0, 0.05) is 25.5 Å². The number of aromatic nitrogens is 4. The number of hydrogen-bond acceptors (Lipinski definition) is 9. The van der Waals surface area contributed by atoms with Gasteiger partial charge in [-0.05, 0) is 36.6 Å². The minimum absolute atomic E-state index is 0.000325. The van der Waals surface area contributed by atoms with Crippen molar-refractivity contribution in [2.45, 2.75) is 32.0 Å². The first-order valence-electron chi connectivity index (χ1n) is 10.5. The number of benzene rings is 1. The molecule has 4 rings (SSSR count). The average Bonchev–Trinajstić information content (AvgIpc) is 3.33. The van der Waals surface area contributed by atoms with Crippen LogP contribution in [0.4, 0.5) is 11.6 Å². The molecular formula is C22H24ClN7O3. The minimum Gasteiger partial charge on any atom is -0.506 e. The zero-order valence-corrected chi connectivity index (χ0v) is 18.5. The highest BCUT2D eigenvalue weighted by atomic mass is 35.5. The first-order chi connectivity index (χ1) is 16.0. The molecule has 2 aromatic heterocycles. The Labute approximate surface area is 195 Å². The monoisotopic (exact) mass is 469 g/mol. The number of phenolic OH excluding ortho intramolecular Hbond substituents is 1. The lowest BCUT2D eigenvalue weighted by atomic mass is 10.2. The van der Waals surface area contributed by atoms with Crippen molar-refractivity contribution < 1.29 is 15.0 Å². The molecule has 1 fully saturated rings. The van der Waals surface area contributed by atoms with Gasteiger partial charge in [-0.3, -0.25) is 4.79 Å². The second kappa shape index (κ2) is 10.4. The number of phenols is 1. The van der Waals surface area contributed by atoms with E-state index in [2.05, 4.69) is 30.6 Å². The third-order valence-corrected chi connectivity index (χ3v) is 5.66. The van der Waals surface area contributed by atoms with Crippen LogP contribution in [0.1, 0.15) is 34.7 Å². The maximum atomic E-state index is 13.0. The Morgan fingerprint density at radius 1 is 1.21 bits per heavy atom. The van der Waals surface area contributed by atoms with E-state index in [1.807, 2.05) is 4.90 Å². The summed E-state index contributed by atoms with van der Waals surface area (Å²) in [5, 5.41) is 25.5. The number of nitrogens with one attached hydrogen (secondary N) is 2. The Bertz CT molecular complexity index is 1120. The third kappa shape index (κ3) is 5.47. The maximum Gasteiger partial charge on any atom is 0.272 e. The summed E-state index contributed by atoms with van der Waals surface area (Å²) in [6.07, 6.45) is 6.54. The minimum atomic E-state index is -0.405. The molecule has 0 bridgehead atoms. The lowest BCUT2D eigenvalue weighted by molar-refractivity contribution is 0.0945. The molecule has 1 aliphatic heterocycles. The van der Waals surface area contributed by atoms with Crippen molar-refractivity contribution in [1.82, 2.24) is 25.3 Å². The van der Waals surface area contributed by atoms with E-state index in [4.69, 9.17) is 11.6 Å². The number of rotatable bonds is 8. The van der Waals surface area contributed by atoms with Gasteiger partial charge in [-0.2, -0.15) is 0 Å². The van der Waals surface area contributed by atoms with Crippen LogP contribution in [0.2, 0.25) is 5.02 Å². The van der Waals surface area contributed by atoms with Crippen molar-refractivity contribution in [2.75, 3.05) is 23.4 Å². The topological polar surface area (TPSA) is 136 Å². The molecule has 3 heterocycles. The van der Waals surface area contributed by atoms with Crippen molar-refractivity contribution >= 4 is 29.1 Å². The highest BCUT2D eigenvalue weighted by Crippen LogP contribution is 2.26. The molecule has 0 spiro atoms. The summed E-state index contributed by atoms with van der Waals surface area (Å²) in [5.41, 5.74) is 1.42. The number of aliphatic hydroxyl groups is 1. The Kier molecular flexibility index (Phi) is 7.16. The molecule has 1 saturated heterocycles. The molecule has 4 N–H and O–H groups in total. The van der Waals surface area contributed by atoms with Gasteiger partial charge in [0.05, 0.1) is 36.1 Å². The van der Waals surface area contributed by atoms with Gasteiger partial charge in [-0.15, -0.1) is 0 Å². The van der Waals surface area contributed by atoms with Gasteiger partial charge in [0.1, 0.15) is 11.6 Å². The Hall–Kier alpha value is -3.50. The number of anilines is 2. The van der Waals surface area contributed by atoms with Crippen LogP contribution in [-0.2, 0) is 13.1 Å². The van der Waals surface area contributed by atoms with Crippen LogP contribution in [-0.4, -0.2) is 55.2 Å². The van der Waals surface area contributed by atoms with Gasteiger partial charge in [0.25, 0.3) is 5.91 Å². The largest absolute Gasteiger partial charge is 0.506 e. The lowest BCUT2D eigenvalue weighted by Crippen LogP contribution is -2.34. The normalized spacial score (nSPS) is 15.5. The van der Waals surface area contributed by atoms with E-state index in [1.54, 1.807) is 36.8 Å². The molecule has 11 heteroatoms. The van der Waals surface area contributed by atoms with Crippen LogP contribution in [0.3, 0.4) is 0 Å². The molecule has 33 heavy (non-hydrogen) atoms.